The highest BCUT2D eigenvalue weighted by Crippen LogP contribution is 2.44. The summed E-state index contributed by atoms with van der Waals surface area (Å²) >= 11 is 0. The van der Waals surface area contributed by atoms with E-state index in [1.165, 1.54) is 33.2 Å². The average Bonchev–Trinajstić information content (AvgIpc) is 3.42. The van der Waals surface area contributed by atoms with Gasteiger partial charge < -0.3 is 30.7 Å². The Morgan fingerprint density at radius 2 is 1.85 bits per heavy atom. The van der Waals surface area contributed by atoms with Gasteiger partial charge in [0.15, 0.2) is 5.60 Å². The van der Waals surface area contributed by atoms with E-state index in [0.29, 0.717) is 27.8 Å². The van der Waals surface area contributed by atoms with Gasteiger partial charge in [-0.2, -0.15) is 18.3 Å². The number of nitrogens with zero attached hydrogens (tertiary/aromatic N) is 2. The summed E-state index contributed by atoms with van der Waals surface area (Å²) in [6, 6.07) is 13.6. The quantitative estimate of drug-likeness (QED) is 0.129. The summed E-state index contributed by atoms with van der Waals surface area (Å²) in [6.07, 6.45) is -5.14. The number of hydrogen-bond acceptors (Lipinski definition) is 7. The van der Waals surface area contributed by atoms with Crippen LogP contribution < -0.4 is 15.4 Å². The molecule has 0 fully saturated rings. The van der Waals surface area contributed by atoms with Crippen LogP contribution >= 0.6 is 0 Å². The van der Waals surface area contributed by atoms with Gasteiger partial charge in [0.2, 0.25) is 0 Å². The standard InChI is InChI=1S/C33H38F4N4O5/c1-20-12-27(39-19-32(45,33(35,36)37)18-31(2,3)26-15-22(34)8-9-29(26)46-4)25-17-40-41(28(25)13-20)23-7-5-6-21(14-23)30(44)38-16-24(43)10-11-42/h5-9,12-15,17,24,39,42-43,45H,10-11,16,18-19H2,1-4H3,(H,38,44). The number of ether oxygens (including phenoxy) is 1. The van der Waals surface area contributed by atoms with E-state index in [0.717, 1.165) is 12.1 Å². The number of fused-ring (bicyclic) bond motifs is 1. The molecule has 0 bridgehead atoms. The number of nitrogens with one attached hydrogen (secondary N) is 2. The highest BCUT2D eigenvalue weighted by atomic mass is 19.4. The normalized spacial score (nSPS) is 14.2. The molecule has 0 aliphatic carbocycles. The van der Waals surface area contributed by atoms with E-state index >= 15 is 0 Å². The van der Waals surface area contributed by atoms with E-state index < -0.39 is 48.0 Å². The first-order valence-electron chi connectivity index (χ1n) is 14.6. The lowest BCUT2D eigenvalue weighted by molar-refractivity contribution is -0.260. The minimum Gasteiger partial charge on any atom is -0.496 e. The Hall–Kier alpha value is -4.20. The molecule has 4 aromatic rings. The number of aliphatic hydroxyl groups excluding tert-OH is 2. The van der Waals surface area contributed by atoms with Gasteiger partial charge in [0.1, 0.15) is 11.6 Å². The number of hydrogen-bond donors (Lipinski definition) is 5. The highest BCUT2D eigenvalue weighted by Gasteiger charge is 2.56. The molecule has 0 radical (unpaired) electrons. The maximum absolute atomic E-state index is 14.5. The molecule has 1 aromatic heterocycles. The van der Waals surface area contributed by atoms with Crippen molar-refractivity contribution in [3.8, 4) is 11.4 Å². The summed E-state index contributed by atoms with van der Waals surface area (Å²) in [5, 5.41) is 40.2. The lowest BCUT2D eigenvalue weighted by atomic mass is 9.74. The Labute approximate surface area is 263 Å². The van der Waals surface area contributed by atoms with Crippen molar-refractivity contribution in [2.45, 2.75) is 56.9 Å². The summed E-state index contributed by atoms with van der Waals surface area (Å²) in [7, 11) is 1.34. The second-order valence-corrected chi connectivity index (χ2v) is 12.0. The lowest BCUT2D eigenvalue weighted by Gasteiger charge is -2.38. The van der Waals surface area contributed by atoms with Crippen LogP contribution in [0, 0.1) is 12.7 Å². The number of carbonyl (C=O) groups is 1. The van der Waals surface area contributed by atoms with Gasteiger partial charge in [-0.05, 0) is 79.3 Å². The van der Waals surface area contributed by atoms with Crippen LogP contribution in [0.15, 0.2) is 60.8 Å². The Kier molecular flexibility index (Phi) is 10.3. The maximum atomic E-state index is 14.5. The van der Waals surface area contributed by atoms with E-state index in [1.807, 2.05) is 0 Å². The van der Waals surface area contributed by atoms with Crippen LogP contribution in [0.5, 0.6) is 5.75 Å². The SMILES string of the molecule is COc1ccc(F)cc1C(C)(C)CC(O)(CNc1cc(C)cc2c1cnn2-c1cccc(C(=O)NCC(O)CCO)c1)C(F)(F)F. The molecule has 0 spiro atoms. The second kappa shape index (κ2) is 13.7. The third-order valence-corrected chi connectivity index (χ3v) is 7.87. The third kappa shape index (κ3) is 7.60. The topological polar surface area (TPSA) is 129 Å². The predicted octanol–water partition coefficient (Wildman–Crippen LogP) is 5.03. The number of anilines is 1. The van der Waals surface area contributed by atoms with Crippen molar-refractivity contribution in [2.75, 3.05) is 32.1 Å². The van der Waals surface area contributed by atoms with Gasteiger partial charge in [0.05, 0.1) is 37.2 Å². The van der Waals surface area contributed by atoms with Crippen molar-refractivity contribution >= 4 is 22.5 Å². The molecule has 46 heavy (non-hydrogen) atoms. The zero-order chi connectivity index (χ0) is 33.9. The molecule has 1 amide bonds. The van der Waals surface area contributed by atoms with E-state index in [2.05, 4.69) is 15.7 Å². The van der Waals surface area contributed by atoms with Crippen molar-refractivity contribution in [1.82, 2.24) is 15.1 Å². The van der Waals surface area contributed by atoms with Gasteiger partial charge in [0, 0.05) is 35.4 Å². The number of aryl methyl sites for hydroxylation is 1. The first kappa shape index (κ1) is 34.7. The van der Waals surface area contributed by atoms with E-state index in [1.54, 1.807) is 48.0 Å². The van der Waals surface area contributed by atoms with Crippen molar-refractivity contribution < 1.29 is 42.4 Å². The largest absolute Gasteiger partial charge is 0.496 e. The first-order chi connectivity index (χ1) is 21.6. The minimum absolute atomic E-state index is 0.0419. The van der Waals surface area contributed by atoms with Crippen LogP contribution in [0.3, 0.4) is 0 Å². The van der Waals surface area contributed by atoms with Crippen molar-refractivity contribution in [1.29, 1.82) is 0 Å². The van der Waals surface area contributed by atoms with Gasteiger partial charge >= 0.3 is 6.18 Å². The van der Waals surface area contributed by atoms with Gasteiger partial charge in [-0.3, -0.25) is 4.79 Å². The van der Waals surface area contributed by atoms with Gasteiger partial charge in [0.25, 0.3) is 5.91 Å². The van der Waals surface area contributed by atoms with Crippen LogP contribution in [-0.4, -0.2) is 75.7 Å². The summed E-state index contributed by atoms with van der Waals surface area (Å²) in [5.41, 5.74) is -2.04. The van der Waals surface area contributed by atoms with Crippen molar-refractivity contribution in [3.05, 3.63) is 83.3 Å². The number of carbonyl (C=O) groups excluding carboxylic acids is 1. The molecule has 5 N–H and O–H groups in total. The lowest BCUT2D eigenvalue weighted by Crippen LogP contribution is -2.53. The van der Waals surface area contributed by atoms with E-state index in [9.17, 15) is 32.6 Å². The number of rotatable bonds is 13. The number of amides is 1. The molecule has 248 valence electrons. The zero-order valence-electron chi connectivity index (χ0n) is 26.0. The summed E-state index contributed by atoms with van der Waals surface area (Å²) in [5.74, 6) is -0.878. The second-order valence-electron chi connectivity index (χ2n) is 12.0. The molecule has 13 heteroatoms. The van der Waals surface area contributed by atoms with Gasteiger partial charge in [-0.15, -0.1) is 0 Å². The molecule has 0 aliphatic heterocycles. The fraction of sp³-hybridized carbons (Fsp3) is 0.394. The molecule has 0 saturated carbocycles. The Morgan fingerprint density at radius 1 is 1.11 bits per heavy atom. The molecule has 0 saturated heterocycles. The zero-order valence-corrected chi connectivity index (χ0v) is 26.0. The average molecular weight is 647 g/mol. The third-order valence-electron chi connectivity index (χ3n) is 7.87. The fourth-order valence-corrected chi connectivity index (χ4v) is 5.50. The summed E-state index contributed by atoms with van der Waals surface area (Å²) in [4.78, 5) is 12.7. The molecule has 0 aliphatic rings. The summed E-state index contributed by atoms with van der Waals surface area (Å²) < 4.78 is 64.4. The Bertz CT molecular complexity index is 1690. The van der Waals surface area contributed by atoms with Crippen molar-refractivity contribution in [2.24, 2.45) is 0 Å². The Balaban J connectivity index is 1.62. The molecule has 9 nitrogen and oxygen atoms in total. The van der Waals surface area contributed by atoms with Gasteiger partial charge in [-0.25, -0.2) is 9.07 Å². The van der Waals surface area contributed by atoms with Crippen LogP contribution in [-0.2, 0) is 5.41 Å². The monoisotopic (exact) mass is 646 g/mol. The van der Waals surface area contributed by atoms with Crippen LogP contribution in [0.2, 0.25) is 0 Å². The molecule has 4 rings (SSSR count). The molecule has 2 atom stereocenters. The minimum atomic E-state index is -5.04. The number of halogens is 4. The highest BCUT2D eigenvalue weighted by molar-refractivity contribution is 5.96. The number of benzene rings is 3. The van der Waals surface area contributed by atoms with Crippen LogP contribution in [0.4, 0.5) is 23.2 Å². The molecule has 3 aromatic carbocycles. The van der Waals surface area contributed by atoms with E-state index in [-0.39, 0.29) is 36.4 Å². The van der Waals surface area contributed by atoms with Crippen LogP contribution in [0.25, 0.3) is 16.6 Å². The van der Waals surface area contributed by atoms with Crippen molar-refractivity contribution in [3.63, 3.8) is 0 Å². The maximum Gasteiger partial charge on any atom is 0.418 e. The number of aromatic nitrogens is 2. The number of aliphatic hydroxyl groups is 3. The Morgan fingerprint density at radius 3 is 2.52 bits per heavy atom. The molecule has 1 heterocycles. The first-order valence-corrected chi connectivity index (χ1v) is 14.6. The van der Waals surface area contributed by atoms with Crippen LogP contribution in [0.1, 0.15) is 48.2 Å². The number of alkyl halides is 3. The van der Waals surface area contributed by atoms with Gasteiger partial charge in [-0.1, -0.05) is 19.9 Å². The predicted molar refractivity (Wildman–Crippen MR) is 166 cm³/mol. The number of methoxy groups -OCH3 is 1. The molecular weight excluding hydrogens is 608 g/mol. The molecular formula is C33H38F4N4O5. The summed E-state index contributed by atoms with van der Waals surface area (Å²) in [6.45, 7) is 3.58. The fourth-order valence-electron chi connectivity index (χ4n) is 5.50. The molecule has 2 unspecified atom stereocenters. The smallest absolute Gasteiger partial charge is 0.418 e. The van der Waals surface area contributed by atoms with E-state index in [4.69, 9.17) is 9.84 Å².